The largest absolute Gasteiger partial charge is 0.423 e. The lowest BCUT2D eigenvalue weighted by Gasteiger charge is -2.27. The number of hydrogen-bond donors (Lipinski definition) is 4. The summed E-state index contributed by atoms with van der Waals surface area (Å²) < 4.78 is 40.5. The molecule has 15 heteroatoms. The highest BCUT2D eigenvalue weighted by molar-refractivity contribution is 7.80. The Bertz CT molecular complexity index is 837. The molecule has 0 radical (unpaired) electrons. The molecule has 1 unspecified atom stereocenters. The molecular weight excluding hydrogens is 386 g/mol. The number of aliphatic hydroxyl groups excluding tert-OH is 1. The van der Waals surface area contributed by atoms with E-state index in [1.165, 1.54) is 4.90 Å². The van der Waals surface area contributed by atoms with Crippen molar-refractivity contribution in [3.63, 3.8) is 0 Å². The van der Waals surface area contributed by atoms with Gasteiger partial charge in [0.2, 0.25) is 11.8 Å². The standard InChI is InChI=1S/C12H19N7O7S/c13-11(14)15-4-7(20)3-9-16-17-10(25-9)8-2-1-6-5-18(8)12(21)19(6)26-27(22,23)24/h6-8,20H,1-5H2,(H4,13,14,15)(H,22,23,24)/t6-,7?,8-/m0/s1. The van der Waals surface area contributed by atoms with Crippen molar-refractivity contribution in [2.24, 2.45) is 16.5 Å². The number of carbonyl (C=O) groups is 1. The minimum absolute atomic E-state index is 0.0189. The van der Waals surface area contributed by atoms with Crippen molar-refractivity contribution in [1.29, 1.82) is 0 Å². The maximum atomic E-state index is 12.4. The van der Waals surface area contributed by atoms with E-state index in [4.69, 9.17) is 20.4 Å². The molecule has 27 heavy (non-hydrogen) atoms. The molecule has 2 fully saturated rings. The van der Waals surface area contributed by atoms with Crippen molar-refractivity contribution in [3.05, 3.63) is 11.8 Å². The van der Waals surface area contributed by atoms with Crippen LogP contribution in [0, 0.1) is 0 Å². The maximum absolute atomic E-state index is 12.4. The summed E-state index contributed by atoms with van der Waals surface area (Å²) in [4.78, 5) is 17.4. The van der Waals surface area contributed by atoms with E-state index in [0.29, 0.717) is 17.9 Å². The molecule has 3 atom stereocenters. The second kappa shape index (κ2) is 7.26. The summed E-state index contributed by atoms with van der Waals surface area (Å²) in [7, 11) is -4.81. The van der Waals surface area contributed by atoms with Gasteiger partial charge in [-0.15, -0.1) is 14.5 Å². The number of urea groups is 1. The van der Waals surface area contributed by atoms with E-state index in [-0.39, 0.29) is 37.3 Å². The topological polar surface area (TPSA) is 211 Å². The van der Waals surface area contributed by atoms with Crippen LogP contribution in [-0.2, 0) is 21.1 Å². The van der Waals surface area contributed by atoms with Gasteiger partial charge in [0.15, 0.2) is 5.96 Å². The molecule has 2 saturated heterocycles. The van der Waals surface area contributed by atoms with Gasteiger partial charge in [-0.1, -0.05) is 0 Å². The second-order valence-corrected chi connectivity index (χ2v) is 7.17. The first-order chi connectivity index (χ1) is 12.6. The number of guanidine groups is 1. The average molecular weight is 405 g/mol. The molecule has 150 valence electrons. The number of aromatic nitrogens is 2. The van der Waals surface area contributed by atoms with Crippen LogP contribution in [0.15, 0.2) is 9.41 Å². The fourth-order valence-corrected chi connectivity index (χ4v) is 3.44. The second-order valence-electron chi connectivity index (χ2n) is 6.17. The van der Waals surface area contributed by atoms with Crippen LogP contribution in [-0.4, -0.2) is 75.5 Å². The van der Waals surface area contributed by atoms with Crippen LogP contribution in [0.2, 0.25) is 0 Å². The first kappa shape index (κ1) is 19.3. The number of hydrogen-bond acceptors (Lipinski definition) is 9. The Hall–Kier alpha value is -2.49. The molecule has 1 aromatic rings. The van der Waals surface area contributed by atoms with E-state index >= 15 is 0 Å². The molecule has 0 aromatic carbocycles. The molecule has 1 aromatic heterocycles. The summed E-state index contributed by atoms with van der Waals surface area (Å²) in [6.45, 7) is 0.154. The average Bonchev–Trinajstić information content (AvgIpc) is 3.12. The van der Waals surface area contributed by atoms with Crippen molar-refractivity contribution >= 4 is 22.4 Å². The fraction of sp³-hybridized carbons (Fsp3) is 0.667. The third-order valence-electron chi connectivity index (χ3n) is 4.16. The van der Waals surface area contributed by atoms with Crippen LogP contribution in [0.3, 0.4) is 0 Å². The lowest BCUT2D eigenvalue weighted by molar-refractivity contribution is -0.0317. The van der Waals surface area contributed by atoms with Crippen molar-refractivity contribution in [3.8, 4) is 0 Å². The van der Waals surface area contributed by atoms with Crippen LogP contribution in [0.4, 0.5) is 4.79 Å². The number of piperidine rings is 1. The monoisotopic (exact) mass is 405 g/mol. The molecule has 2 bridgehead atoms. The zero-order valence-electron chi connectivity index (χ0n) is 14.0. The minimum Gasteiger partial charge on any atom is -0.423 e. The molecule has 0 spiro atoms. The normalized spacial score (nSPS) is 23.6. The number of carbonyl (C=O) groups excluding carboxylic acids is 1. The van der Waals surface area contributed by atoms with Crippen molar-refractivity contribution < 1.29 is 31.6 Å². The number of fused-ring (bicyclic) bond motifs is 2. The SMILES string of the molecule is NC(N)=NCC(O)Cc1nnc([C@@H]2CC[C@H]3CN2C(=O)N3OS(=O)(=O)O)o1. The third-order valence-corrected chi connectivity index (χ3v) is 4.51. The van der Waals surface area contributed by atoms with E-state index in [2.05, 4.69) is 19.5 Å². The highest BCUT2D eigenvalue weighted by Crippen LogP contribution is 2.38. The van der Waals surface area contributed by atoms with E-state index in [9.17, 15) is 18.3 Å². The Labute approximate surface area is 153 Å². The number of rotatable bonds is 7. The van der Waals surface area contributed by atoms with Gasteiger partial charge in [0.25, 0.3) is 0 Å². The Morgan fingerprint density at radius 1 is 1.41 bits per heavy atom. The van der Waals surface area contributed by atoms with Gasteiger partial charge in [0.1, 0.15) is 6.04 Å². The number of nitrogens with zero attached hydrogens (tertiary/aromatic N) is 5. The number of nitrogens with two attached hydrogens (primary N) is 2. The Kier molecular flexibility index (Phi) is 5.18. The van der Waals surface area contributed by atoms with Gasteiger partial charge < -0.3 is 25.9 Å². The molecule has 2 amide bonds. The van der Waals surface area contributed by atoms with Crippen molar-refractivity contribution in [2.45, 2.75) is 37.5 Å². The van der Waals surface area contributed by atoms with Gasteiger partial charge in [-0.25, -0.2) is 4.79 Å². The molecule has 0 aliphatic carbocycles. The summed E-state index contributed by atoms with van der Waals surface area (Å²) in [5, 5.41) is 18.2. The highest BCUT2D eigenvalue weighted by atomic mass is 32.3. The predicted molar refractivity (Wildman–Crippen MR) is 87.0 cm³/mol. The van der Waals surface area contributed by atoms with Gasteiger partial charge in [-0.05, 0) is 12.8 Å². The first-order valence-electron chi connectivity index (χ1n) is 7.96. The molecule has 3 rings (SSSR count). The highest BCUT2D eigenvalue weighted by Gasteiger charge is 2.49. The maximum Gasteiger partial charge on any atom is 0.418 e. The predicted octanol–water partition coefficient (Wildman–Crippen LogP) is -2.08. The van der Waals surface area contributed by atoms with Gasteiger partial charge >= 0.3 is 16.4 Å². The third kappa shape index (κ3) is 4.44. The summed E-state index contributed by atoms with van der Waals surface area (Å²) in [6.07, 6.45) is -0.0682. The molecule has 0 saturated carbocycles. The Morgan fingerprint density at radius 3 is 2.81 bits per heavy atom. The Balaban J connectivity index is 1.67. The lowest BCUT2D eigenvalue weighted by Crippen LogP contribution is -2.35. The fourth-order valence-electron chi connectivity index (χ4n) is 3.05. The van der Waals surface area contributed by atoms with Crippen LogP contribution in [0.25, 0.3) is 0 Å². The zero-order chi connectivity index (χ0) is 19.8. The van der Waals surface area contributed by atoms with Gasteiger partial charge in [-0.2, -0.15) is 13.5 Å². The van der Waals surface area contributed by atoms with E-state index in [1.54, 1.807) is 0 Å². The molecule has 14 nitrogen and oxygen atoms in total. The van der Waals surface area contributed by atoms with Gasteiger partial charge in [-0.3, -0.25) is 9.55 Å². The number of amides is 2. The molecular formula is C12H19N7O7S. The van der Waals surface area contributed by atoms with E-state index < -0.39 is 34.6 Å². The number of aliphatic hydroxyl groups is 1. The summed E-state index contributed by atoms with van der Waals surface area (Å²) in [5.41, 5.74) is 10.4. The van der Waals surface area contributed by atoms with Crippen molar-refractivity contribution in [1.82, 2.24) is 20.2 Å². The minimum atomic E-state index is -4.81. The van der Waals surface area contributed by atoms with Gasteiger partial charge in [0.05, 0.1) is 25.1 Å². The van der Waals surface area contributed by atoms with E-state index in [0.717, 1.165) is 0 Å². The zero-order valence-corrected chi connectivity index (χ0v) is 14.8. The lowest BCUT2D eigenvalue weighted by atomic mass is 10.0. The van der Waals surface area contributed by atoms with Crippen LogP contribution < -0.4 is 11.5 Å². The smallest absolute Gasteiger partial charge is 0.418 e. The molecule has 3 heterocycles. The summed E-state index contributed by atoms with van der Waals surface area (Å²) in [5.74, 6) is 0.142. The number of aliphatic imine (C=N–C) groups is 1. The van der Waals surface area contributed by atoms with Crippen LogP contribution in [0.1, 0.15) is 30.7 Å². The summed E-state index contributed by atoms with van der Waals surface area (Å²) >= 11 is 0. The quantitative estimate of drug-likeness (QED) is 0.219. The summed E-state index contributed by atoms with van der Waals surface area (Å²) in [6, 6.07) is -1.81. The molecule has 2 aliphatic rings. The van der Waals surface area contributed by atoms with Crippen molar-refractivity contribution in [2.75, 3.05) is 13.1 Å². The molecule has 6 N–H and O–H groups in total. The Morgan fingerprint density at radius 2 is 2.15 bits per heavy atom. The first-order valence-corrected chi connectivity index (χ1v) is 9.33. The van der Waals surface area contributed by atoms with Gasteiger partial charge in [0, 0.05) is 6.54 Å². The van der Waals surface area contributed by atoms with Crippen LogP contribution >= 0.6 is 0 Å². The van der Waals surface area contributed by atoms with E-state index in [1.807, 2.05) is 0 Å². The van der Waals surface area contributed by atoms with Crippen LogP contribution in [0.5, 0.6) is 0 Å². The number of hydroxylamine groups is 2. The molecule has 2 aliphatic heterocycles.